The van der Waals surface area contributed by atoms with Crippen molar-refractivity contribution in [3.63, 3.8) is 0 Å². The van der Waals surface area contributed by atoms with Gasteiger partial charge in [-0.05, 0) is 46.3 Å². The highest BCUT2D eigenvalue weighted by Gasteiger charge is 2.15. The van der Waals surface area contributed by atoms with Crippen molar-refractivity contribution < 1.29 is 19.4 Å². The molecule has 0 unspecified atom stereocenters. The van der Waals surface area contributed by atoms with Crippen molar-refractivity contribution in [2.24, 2.45) is 0 Å². The van der Waals surface area contributed by atoms with Gasteiger partial charge in [0.1, 0.15) is 5.56 Å². The summed E-state index contributed by atoms with van der Waals surface area (Å²) in [4.78, 5) is 27.0. The molecule has 2 rings (SSSR count). The largest absolute Gasteiger partial charge is 0.480 e. The van der Waals surface area contributed by atoms with Crippen molar-refractivity contribution in [1.82, 2.24) is 4.98 Å². The number of rotatable bonds is 4. The number of aromatic carboxylic acids is 1. The Kier molecular flexibility index (Phi) is 4.54. The van der Waals surface area contributed by atoms with Gasteiger partial charge in [0, 0.05) is 10.7 Å². The van der Waals surface area contributed by atoms with E-state index in [2.05, 4.69) is 26.2 Å². The van der Waals surface area contributed by atoms with Crippen molar-refractivity contribution >= 4 is 33.5 Å². The number of carboxylic acid groups (broad SMARTS) is 1. The minimum Gasteiger partial charge on any atom is -0.480 e. The maximum atomic E-state index is 12.2. The molecule has 2 N–H and O–H groups in total. The molecule has 0 fully saturated rings. The van der Waals surface area contributed by atoms with Crippen molar-refractivity contribution in [2.45, 2.75) is 0 Å². The summed E-state index contributed by atoms with van der Waals surface area (Å²) >= 11 is 3.23. The van der Waals surface area contributed by atoms with Gasteiger partial charge in [0.2, 0.25) is 5.88 Å². The van der Waals surface area contributed by atoms with Crippen molar-refractivity contribution in [3.05, 3.63) is 52.1 Å². The normalized spacial score (nSPS) is 10.0. The third-order valence-electron chi connectivity index (χ3n) is 2.67. The van der Waals surface area contributed by atoms with Gasteiger partial charge in [-0.2, -0.15) is 0 Å². The lowest BCUT2D eigenvalue weighted by molar-refractivity contribution is 0.0696. The van der Waals surface area contributed by atoms with E-state index in [-0.39, 0.29) is 17.0 Å². The molecule has 1 heterocycles. The minimum absolute atomic E-state index is 0.124. The SMILES string of the molecule is COc1ncccc1C(=O)Nc1ccc(C(=O)O)cc1Br. The molecular weight excluding hydrogens is 340 g/mol. The molecule has 6 nitrogen and oxygen atoms in total. The lowest BCUT2D eigenvalue weighted by Gasteiger charge is -2.10. The Morgan fingerprint density at radius 3 is 2.71 bits per heavy atom. The summed E-state index contributed by atoms with van der Waals surface area (Å²) in [5.41, 5.74) is 0.865. The highest BCUT2D eigenvalue weighted by Crippen LogP contribution is 2.25. The van der Waals surface area contributed by atoms with Crippen LogP contribution in [0.1, 0.15) is 20.7 Å². The van der Waals surface area contributed by atoms with Crippen LogP contribution in [-0.4, -0.2) is 29.1 Å². The number of nitrogens with one attached hydrogen (secondary N) is 1. The maximum absolute atomic E-state index is 12.2. The van der Waals surface area contributed by atoms with Gasteiger partial charge in [-0.15, -0.1) is 0 Å². The molecule has 0 saturated heterocycles. The number of nitrogens with zero attached hydrogens (tertiary/aromatic N) is 1. The fraction of sp³-hybridized carbons (Fsp3) is 0.0714. The van der Waals surface area contributed by atoms with Crippen LogP contribution in [0.3, 0.4) is 0 Å². The molecule has 0 spiro atoms. The fourth-order valence-corrected chi connectivity index (χ4v) is 2.14. The van der Waals surface area contributed by atoms with E-state index in [1.807, 2.05) is 0 Å². The Hall–Kier alpha value is -2.41. The van der Waals surface area contributed by atoms with Crippen LogP contribution in [0.25, 0.3) is 0 Å². The number of amides is 1. The molecule has 0 radical (unpaired) electrons. The minimum atomic E-state index is -1.04. The number of carbonyl (C=O) groups excluding carboxylic acids is 1. The van der Waals surface area contributed by atoms with E-state index in [9.17, 15) is 9.59 Å². The highest BCUT2D eigenvalue weighted by atomic mass is 79.9. The number of carbonyl (C=O) groups is 2. The zero-order chi connectivity index (χ0) is 15.4. The molecule has 21 heavy (non-hydrogen) atoms. The highest BCUT2D eigenvalue weighted by molar-refractivity contribution is 9.10. The number of ether oxygens (including phenoxy) is 1. The van der Waals surface area contributed by atoms with Crippen molar-refractivity contribution in [1.29, 1.82) is 0 Å². The summed E-state index contributed by atoms with van der Waals surface area (Å²) in [5, 5.41) is 11.6. The number of hydrogen-bond acceptors (Lipinski definition) is 4. The lowest BCUT2D eigenvalue weighted by Crippen LogP contribution is -2.14. The van der Waals surface area contributed by atoms with Crippen LogP contribution in [-0.2, 0) is 0 Å². The number of methoxy groups -OCH3 is 1. The molecule has 0 atom stereocenters. The molecule has 1 aromatic carbocycles. The van der Waals surface area contributed by atoms with Crippen LogP contribution in [0.2, 0.25) is 0 Å². The van der Waals surface area contributed by atoms with Gasteiger partial charge in [0.25, 0.3) is 5.91 Å². The van der Waals surface area contributed by atoms with Crippen LogP contribution in [0.5, 0.6) is 5.88 Å². The number of aromatic nitrogens is 1. The molecule has 2 aromatic rings. The van der Waals surface area contributed by atoms with Gasteiger partial charge in [-0.1, -0.05) is 0 Å². The number of pyridine rings is 1. The average molecular weight is 351 g/mol. The summed E-state index contributed by atoms with van der Waals surface area (Å²) < 4.78 is 5.49. The van der Waals surface area contributed by atoms with Crippen molar-refractivity contribution in [2.75, 3.05) is 12.4 Å². The van der Waals surface area contributed by atoms with Gasteiger partial charge in [0.15, 0.2) is 0 Å². The predicted octanol–water partition coefficient (Wildman–Crippen LogP) is 2.80. The maximum Gasteiger partial charge on any atom is 0.335 e. The monoisotopic (exact) mass is 350 g/mol. The zero-order valence-electron chi connectivity index (χ0n) is 11.0. The van der Waals surface area contributed by atoms with E-state index in [4.69, 9.17) is 9.84 Å². The van der Waals surface area contributed by atoms with Crippen LogP contribution in [0.4, 0.5) is 5.69 Å². The van der Waals surface area contributed by atoms with E-state index in [0.717, 1.165) is 0 Å². The van der Waals surface area contributed by atoms with E-state index in [1.54, 1.807) is 12.1 Å². The number of carboxylic acids is 1. The Morgan fingerprint density at radius 2 is 2.10 bits per heavy atom. The smallest absolute Gasteiger partial charge is 0.335 e. The molecule has 108 valence electrons. The zero-order valence-corrected chi connectivity index (χ0v) is 12.5. The lowest BCUT2D eigenvalue weighted by atomic mass is 10.2. The molecule has 1 amide bonds. The standard InChI is InChI=1S/C14H11BrN2O4/c1-21-13-9(3-2-6-16-13)12(18)17-11-5-4-8(14(19)20)7-10(11)15/h2-7H,1H3,(H,17,18)(H,19,20). The Morgan fingerprint density at radius 1 is 1.33 bits per heavy atom. The third-order valence-corrected chi connectivity index (χ3v) is 3.33. The summed E-state index contributed by atoms with van der Waals surface area (Å²) in [7, 11) is 1.43. The molecule has 0 saturated carbocycles. The Balaban J connectivity index is 2.26. The summed E-state index contributed by atoms with van der Waals surface area (Å²) in [5.74, 6) is -1.22. The second-order valence-electron chi connectivity index (χ2n) is 4.01. The first-order valence-electron chi connectivity index (χ1n) is 5.86. The quantitative estimate of drug-likeness (QED) is 0.884. The van der Waals surface area contributed by atoms with Crippen LogP contribution in [0, 0.1) is 0 Å². The van der Waals surface area contributed by atoms with Crippen LogP contribution >= 0.6 is 15.9 Å². The number of benzene rings is 1. The summed E-state index contributed by atoms with van der Waals surface area (Å²) in [6, 6.07) is 7.54. The van der Waals surface area contributed by atoms with Crippen LogP contribution < -0.4 is 10.1 Å². The topological polar surface area (TPSA) is 88.5 Å². The van der Waals surface area contributed by atoms with E-state index < -0.39 is 11.9 Å². The average Bonchev–Trinajstić information content (AvgIpc) is 2.48. The molecule has 1 aromatic heterocycles. The Labute approximate surface area is 128 Å². The fourth-order valence-electron chi connectivity index (χ4n) is 1.67. The number of anilines is 1. The molecule has 0 bridgehead atoms. The number of hydrogen-bond donors (Lipinski definition) is 2. The second-order valence-corrected chi connectivity index (χ2v) is 4.87. The molecule has 0 aliphatic carbocycles. The molecule has 0 aliphatic rings. The van der Waals surface area contributed by atoms with Crippen molar-refractivity contribution in [3.8, 4) is 5.88 Å². The van der Waals surface area contributed by atoms with Crippen LogP contribution in [0.15, 0.2) is 41.0 Å². The first-order chi connectivity index (χ1) is 10.0. The molecular formula is C14H11BrN2O4. The first-order valence-corrected chi connectivity index (χ1v) is 6.65. The predicted molar refractivity (Wildman–Crippen MR) is 79.8 cm³/mol. The van der Waals surface area contributed by atoms with E-state index >= 15 is 0 Å². The van der Waals surface area contributed by atoms with Gasteiger partial charge in [-0.25, -0.2) is 9.78 Å². The van der Waals surface area contributed by atoms with Gasteiger partial charge in [-0.3, -0.25) is 4.79 Å². The summed E-state index contributed by atoms with van der Waals surface area (Å²) in [6.07, 6.45) is 1.52. The number of halogens is 1. The molecule has 0 aliphatic heterocycles. The second kappa shape index (κ2) is 6.36. The third kappa shape index (κ3) is 3.38. The van der Waals surface area contributed by atoms with Gasteiger partial charge >= 0.3 is 5.97 Å². The summed E-state index contributed by atoms with van der Waals surface area (Å²) in [6.45, 7) is 0. The first kappa shape index (κ1) is 15.0. The van der Waals surface area contributed by atoms with Gasteiger partial charge < -0.3 is 15.2 Å². The molecule has 7 heteroatoms. The van der Waals surface area contributed by atoms with Gasteiger partial charge in [0.05, 0.1) is 18.4 Å². The van der Waals surface area contributed by atoms with E-state index in [0.29, 0.717) is 10.2 Å². The van der Waals surface area contributed by atoms with E-state index in [1.165, 1.54) is 31.5 Å². The Bertz CT molecular complexity index is 703.